The minimum absolute atomic E-state index is 0.0896. The van der Waals surface area contributed by atoms with Crippen molar-refractivity contribution in [3.63, 3.8) is 0 Å². The Kier molecular flexibility index (Phi) is 6.62. The summed E-state index contributed by atoms with van der Waals surface area (Å²) >= 11 is 5.99. The summed E-state index contributed by atoms with van der Waals surface area (Å²) in [5.74, 6) is 0.605. The molecule has 8 heteroatoms. The van der Waals surface area contributed by atoms with E-state index in [2.05, 4.69) is 12.1 Å². The second-order valence-electron chi connectivity index (χ2n) is 8.49. The number of aromatic nitrogens is 1. The molecule has 0 fully saturated rings. The Bertz CT molecular complexity index is 1560. The van der Waals surface area contributed by atoms with E-state index < -0.39 is 16.1 Å². The van der Waals surface area contributed by atoms with Gasteiger partial charge in [0.2, 0.25) is 0 Å². The number of nitrogens with zero attached hydrogens (tertiary/aromatic N) is 2. The summed E-state index contributed by atoms with van der Waals surface area (Å²) in [4.78, 5) is 0.0896. The lowest BCUT2D eigenvalue weighted by Crippen LogP contribution is -2.39. The number of aliphatic hydroxyl groups is 1. The first kappa shape index (κ1) is 24.2. The number of halogens is 1. The maximum atomic E-state index is 13.7. The van der Waals surface area contributed by atoms with Crippen LogP contribution in [0.25, 0.3) is 21.8 Å². The molecule has 0 spiro atoms. The van der Waals surface area contributed by atoms with Crippen molar-refractivity contribution in [2.75, 3.05) is 18.0 Å². The van der Waals surface area contributed by atoms with Gasteiger partial charge in [-0.05, 0) is 60.7 Å². The highest BCUT2D eigenvalue weighted by Gasteiger charge is 2.28. The van der Waals surface area contributed by atoms with Crippen LogP contribution in [0.5, 0.6) is 5.75 Å². The van der Waals surface area contributed by atoms with Crippen LogP contribution in [0.2, 0.25) is 5.02 Å². The van der Waals surface area contributed by atoms with Gasteiger partial charge in [-0.15, -0.1) is 0 Å². The summed E-state index contributed by atoms with van der Waals surface area (Å²) in [6.07, 6.45) is -0.992. The Balaban J connectivity index is 1.52. The van der Waals surface area contributed by atoms with Gasteiger partial charge in [0.05, 0.1) is 36.9 Å². The lowest BCUT2D eigenvalue weighted by Gasteiger charge is -2.27. The number of benzene rings is 4. The fourth-order valence-electron chi connectivity index (χ4n) is 4.48. The molecule has 0 aliphatic rings. The van der Waals surface area contributed by atoms with Gasteiger partial charge in [-0.25, -0.2) is 8.42 Å². The van der Waals surface area contributed by atoms with Crippen molar-refractivity contribution < 1.29 is 18.3 Å². The molecule has 0 bridgehead atoms. The second kappa shape index (κ2) is 9.85. The van der Waals surface area contributed by atoms with E-state index in [9.17, 15) is 13.5 Å². The molecule has 36 heavy (non-hydrogen) atoms. The van der Waals surface area contributed by atoms with E-state index in [-0.39, 0.29) is 18.0 Å². The van der Waals surface area contributed by atoms with Crippen LogP contribution >= 0.6 is 11.6 Å². The maximum absolute atomic E-state index is 13.7. The number of ether oxygens (including phenoxy) is 1. The van der Waals surface area contributed by atoms with E-state index >= 15 is 0 Å². The number of hydrogen-bond acceptors (Lipinski definition) is 4. The fraction of sp³-hybridized carbons (Fsp3) is 0.143. The molecule has 0 aliphatic heterocycles. The van der Waals surface area contributed by atoms with E-state index in [1.54, 1.807) is 31.4 Å². The van der Waals surface area contributed by atoms with Crippen LogP contribution in [0.1, 0.15) is 0 Å². The quantitative estimate of drug-likeness (QED) is 0.284. The minimum atomic E-state index is -3.98. The molecular weight excluding hydrogens is 496 g/mol. The molecule has 184 valence electrons. The molecule has 5 rings (SSSR count). The Morgan fingerprint density at radius 1 is 0.861 bits per heavy atom. The number of para-hydroxylation sites is 2. The highest BCUT2D eigenvalue weighted by molar-refractivity contribution is 7.92. The van der Waals surface area contributed by atoms with Gasteiger partial charge in [-0.2, -0.15) is 0 Å². The summed E-state index contributed by atoms with van der Waals surface area (Å²) in [6.45, 7) is 0.0783. The SMILES string of the molecule is COc1ccc(N(C[C@@H](O)Cn2c3ccccc3c3ccccc32)S(=O)(=O)c2ccc(Cl)cc2)cc1. The summed E-state index contributed by atoms with van der Waals surface area (Å²) in [7, 11) is -2.44. The smallest absolute Gasteiger partial charge is 0.264 e. The van der Waals surface area contributed by atoms with Crippen LogP contribution in [0.4, 0.5) is 5.69 Å². The van der Waals surface area contributed by atoms with Crippen molar-refractivity contribution in [2.24, 2.45) is 0 Å². The first-order valence-electron chi connectivity index (χ1n) is 11.4. The van der Waals surface area contributed by atoms with Gasteiger partial charge in [0.1, 0.15) is 5.75 Å². The second-order valence-corrected chi connectivity index (χ2v) is 10.8. The van der Waals surface area contributed by atoms with Gasteiger partial charge in [0, 0.05) is 26.8 Å². The topological polar surface area (TPSA) is 71.8 Å². The van der Waals surface area contributed by atoms with E-state index in [0.29, 0.717) is 16.5 Å². The molecule has 5 aromatic rings. The van der Waals surface area contributed by atoms with Crippen LogP contribution in [-0.2, 0) is 16.6 Å². The van der Waals surface area contributed by atoms with E-state index in [1.165, 1.54) is 28.6 Å². The number of anilines is 1. The molecule has 0 unspecified atom stereocenters. The largest absolute Gasteiger partial charge is 0.497 e. The van der Waals surface area contributed by atoms with Gasteiger partial charge in [0.15, 0.2) is 0 Å². The number of sulfonamides is 1. The number of methoxy groups -OCH3 is 1. The molecular formula is C28H25ClN2O4S. The van der Waals surface area contributed by atoms with Gasteiger partial charge < -0.3 is 14.4 Å². The Hall–Kier alpha value is -3.52. The highest BCUT2D eigenvalue weighted by Crippen LogP contribution is 2.30. The van der Waals surface area contributed by atoms with Crippen LogP contribution in [-0.4, -0.2) is 37.8 Å². The van der Waals surface area contributed by atoms with Crippen molar-refractivity contribution in [3.05, 3.63) is 102 Å². The molecule has 0 amide bonds. The zero-order valence-electron chi connectivity index (χ0n) is 19.6. The first-order valence-corrected chi connectivity index (χ1v) is 13.3. The number of rotatable bonds is 8. The van der Waals surface area contributed by atoms with Gasteiger partial charge in [0.25, 0.3) is 10.0 Å². The molecule has 0 saturated carbocycles. The molecule has 1 N–H and O–H groups in total. The molecule has 1 heterocycles. The first-order chi connectivity index (χ1) is 17.4. The number of fused-ring (bicyclic) bond motifs is 3. The molecule has 0 aliphatic carbocycles. The average molecular weight is 521 g/mol. The van der Waals surface area contributed by atoms with Crippen LogP contribution < -0.4 is 9.04 Å². The highest BCUT2D eigenvalue weighted by atomic mass is 35.5. The third-order valence-corrected chi connectivity index (χ3v) is 8.27. The van der Waals surface area contributed by atoms with Crippen molar-refractivity contribution >= 4 is 49.1 Å². The standard InChI is InChI=1S/C28H25ClN2O4S/c1-35-23-14-12-21(13-15-23)31(36(33,34)24-16-10-20(29)11-17-24)19-22(32)18-30-27-8-4-2-6-25(27)26-7-3-5-9-28(26)30/h2-17,22,32H,18-19H2,1H3/t22-/m0/s1. The van der Waals surface area contributed by atoms with E-state index in [0.717, 1.165) is 21.8 Å². The van der Waals surface area contributed by atoms with Gasteiger partial charge >= 0.3 is 0 Å². The number of aliphatic hydroxyl groups excluding tert-OH is 1. The lowest BCUT2D eigenvalue weighted by atomic mass is 10.2. The minimum Gasteiger partial charge on any atom is -0.497 e. The lowest BCUT2D eigenvalue weighted by molar-refractivity contribution is 0.166. The Morgan fingerprint density at radius 2 is 1.42 bits per heavy atom. The van der Waals surface area contributed by atoms with Crippen molar-refractivity contribution in [2.45, 2.75) is 17.5 Å². The predicted octanol–water partition coefficient (Wildman–Crippen LogP) is 5.71. The van der Waals surface area contributed by atoms with E-state index in [1.807, 2.05) is 41.0 Å². The Labute approximate surface area is 215 Å². The molecule has 1 aromatic heterocycles. The molecule has 1 atom stereocenters. The van der Waals surface area contributed by atoms with Crippen LogP contribution in [0.3, 0.4) is 0 Å². The van der Waals surface area contributed by atoms with Crippen molar-refractivity contribution in [3.8, 4) is 5.75 Å². The Morgan fingerprint density at radius 3 is 1.97 bits per heavy atom. The van der Waals surface area contributed by atoms with E-state index in [4.69, 9.17) is 16.3 Å². The third-order valence-electron chi connectivity index (χ3n) is 6.21. The molecule has 0 radical (unpaired) electrons. The summed E-state index contributed by atoms with van der Waals surface area (Å²) in [5.41, 5.74) is 2.38. The monoisotopic (exact) mass is 520 g/mol. The summed E-state index contributed by atoms with van der Waals surface area (Å²) in [6, 6.07) is 28.7. The van der Waals surface area contributed by atoms with Crippen LogP contribution in [0, 0.1) is 0 Å². The summed E-state index contributed by atoms with van der Waals surface area (Å²) in [5, 5.41) is 13.9. The van der Waals surface area contributed by atoms with Gasteiger partial charge in [-0.1, -0.05) is 48.0 Å². The normalized spacial score (nSPS) is 12.6. The fourth-order valence-corrected chi connectivity index (χ4v) is 6.11. The number of hydrogen-bond donors (Lipinski definition) is 1. The average Bonchev–Trinajstić information content (AvgIpc) is 3.21. The zero-order chi connectivity index (χ0) is 25.3. The third kappa shape index (κ3) is 4.53. The zero-order valence-corrected chi connectivity index (χ0v) is 21.2. The summed E-state index contributed by atoms with van der Waals surface area (Å²) < 4.78 is 35.9. The molecule has 6 nitrogen and oxygen atoms in total. The van der Waals surface area contributed by atoms with Crippen molar-refractivity contribution in [1.29, 1.82) is 0 Å². The predicted molar refractivity (Wildman–Crippen MR) is 144 cm³/mol. The van der Waals surface area contributed by atoms with Crippen molar-refractivity contribution in [1.82, 2.24) is 4.57 Å². The molecule has 4 aromatic carbocycles. The maximum Gasteiger partial charge on any atom is 0.264 e. The van der Waals surface area contributed by atoms with Gasteiger partial charge in [-0.3, -0.25) is 4.31 Å². The molecule has 0 saturated heterocycles. The van der Waals surface area contributed by atoms with Crippen LogP contribution in [0.15, 0.2) is 102 Å².